The Morgan fingerprint density at radius 3 is 2.59 bits per heavy atom. The van der Waals surface area contributed by atoms with Gasteiger partial charge in [0.05, 0.1) is 4.90 Å². The molecular weight excluding hydrogens is 302 g/mol. The highest BCUT2D eigenvalue weighted by molar-refractivity contribution is 7.89. The molecule has 2 N–H and O–H groups in total. The quantitative estimate of drug-likeness (QED) is 0.665. The summed E-state index contributed by atoms with van der Waals surface area (Å²) >= 11 is 0. The molecule has 0 aliphatic heterocycles. The molecule has 0 unspecified atom stereocenters. The summed E-state index contributed by atoms with van der Waals surface area (Å²) in [7, 11) is 0.392. The minimum Gasteiger partial charge on any atom is -0.352 e. The molecule has 0 bridgehead atoms. The number of carbonyl (C=O) groups is 1. The van der Waals surface area contributed by atoms with E-state index in [0.717, 1.165) is 13.0 Å². The monoisotopic (exact) mass is 327 g/mol. The minimum absolute atomic E-state index is 0.113. The molecule has 0 spiro atoms. The maximum absolute atomic E-state index is 12.1. The molecule has 124 valence electrons. The molecular formula is C15H25N3O3S. The van der Waals surface area contributed by atoms with E-state index in [1.54, 1.807) is 12.1 Å². The molecule has 22 heavy (non-hydrogen) atoms. The first kappa shape index (κ1) is 18.6. The molecule has 1 rings (SSSR count). The predicted molar refractivity (Wildman–Crippen MR) is 87.4 cm³/mol. The summed E-state index contributed by atoms with van der Waals surface area (Å²) in [5, 5.41) is 2.80. The van der Waals surface area contributed by atoms with E-state index >= 15 is 0 Å². The fourth-order valence-electron chi connectivity index (χ4n) is 1.82. The number of carbonyl (C=O) groups excluding carboxylic acids is 1. The van der Waals surface area contributed by atoms with E-state index in [9.17, 15) is 13.2 Å². The highest BCUT2D eigenvalue weighted by atomic mass is 32.2. The van der Waals surface area contributed by atoms with Crippen molar-refractivity contribution in [1.82, 2.24) is 14.9 Å². The van der Waals surface area contributed by atoms with Crippen molar-refractivity contribution in [2.45, 2.75) is 24.7 Å². The van der Waals surface area contributed by atoms with Crippen LogP contribution in [-0.4, -0.2) is 53.0 Å². The van der Waals surface area contributed by atoms with E-state index in [-0.39, 0.29) is 10.8 Å². The van der Waals surface area contributed by atoms with Gasteiger partial charge in [-0.3, -0.25) is 4.79 Å². The number of hydrogen-bond donors (Lipinski definition) is 2. The van der Waals surface area contributed by atoms with Gasteiger partial charge in [0.1, 0.15) is 0 Å². The Kier molecular flexibility index (Phi) is 7.50. The van der Waals surface area contributed by atoms with Gasteiger partial charge < -0.3 is 10.2 Å². The zero-order valence-electron chi connectivity index (χ0n) is 13.4. The van der Waals surface area contributed by atoms with Crippen LogP contribution in [0.1, 0.15) is 30.1 Å². The van der Waals surface area contributed by atoms with Crippen LogP contribution in [0.3, 0.4) is 0 Å². The highest BCUT2D eigenvalue weighted by Crippen LogP contribution is 2.11. The molecule has 0 fully saturated rings. The Morgan fingerprint density at radius 1 is 1.23 bits per heavy atom. The average Bonchev–Trinajstić information content (AvgIpc) is 2.49. The maximum Gasteiger partial charge on any atom is 0.251 e. The number of rotatable bonds is 9. The molecule has 1 aromatic carbocycles. The Bertz CT molecular complexity index is 585. The summed E-state index contributed by atoms with van der Waals surface area (Å²) in [4.78, 5) is 14.2. The van der Waals surface area contributed by atoms with Gasteiger partial charge in [0.2, 0.25) is 10.0 Å². The second-order valence-electron chi connectivity index (χ2n) is 5.34. The zero-order valence-corrected chi connectivity index (χ0v) is 14.2. The molecule has 0 radical (unpaired) electrons. The van der Waals surface area contributed by atoms with Crippen LogP contribution in [-0.2, 0) is 10.0 Å². The standard InChI is InChI=1S/C15H25N3O3S/c1-4-9-17-22(20,21)14-8-5-7-13(12-14)15(19)16-10-6-11-18(2)3/h5,7-8,12,17H,4,6,9-11H2,1-3H3,(H,16,19). The van der Waals surface area contributed by atoms with Gasteiger partial charge in [-0.05, 0) is 51.7 Å². The number of nitrogens with zero attached hydrogens (tertiary/aromatic N) is 1. The second-order valence-corrected chi connectivity index (χ2v) is 7.11. The summed E-state index contributed by atoms with van der Waals surface area (Å²) in [6.45, 7) is 3.71. The van der Waals surface area contributed by atoms with Crippen molar-refractivity contribution in [3.63, 3.8) is 0 Å². The molecule has 1 amide bonds. The first-order valence-corrected chi connectivity index (χ1v) is 8.88. The van der Waals surface area contributed by atoms with Crippen LogP contribution in [0.4, 0.5) is 0 Å². The minimum atomic E-state index is -3.55. The number of amides is 1. The van der Waals surface area contributed by atoms with Gasteiger partial charge in [-0.25, -0.2) is 13.1 Å². The van der Waals surface area contributed by atoms with Crippen LogP contribution in [0.5, 0.6) is 0 Å². The summed E-state index contributed by atoms with van der Waals surface area (Å²) in [6, 6.07) is 6.08. The third kappa shape index (κ3) is 6.13. The first-order valence-electron chi connectivity index (χ1n) is 7.39. The van der Waals surface area contributed by atoms with Crippen molar-refractivity contribution in [3.8, 4) is 0 Å². The molecule has 7 heteroatoms. The number of nitrogens with one attached hydrogen (secondary N) is 2. The Labute approximate surface area is 132 Å². The lowest BCUT2D eigenvalue weighted by Gasteiger charge is -2.10. The second kappa shape index (κ2) is 8.87. The molecule has 0 aromatic heterocycles. The largest absolute Gasteiger partial charge is 0.352 e. The van der Waals surface area contributed by atoms with Crippen LogP contribution in [0.15, 0.2) is 29.2 Å². The normalized spacial score (nSPS) is 11.6. The van der Waals surface area contributed by atoms with Gasteiger partial charge in [-0.1, -0.05) is 13.0 Å². The van der Waals surface area contributed by atoms with Crippen LogP contribution in [0.25, 0.3) is 0 Å². The van der Waals surface area contributed by atoms with E-state index in [1.165, 1.54) is 12.1 Å². The fraction of sp³-hybridized carbons (Fsp3) is 0.533. The van der Waals surface area contributed by atoms with Crippen LogP contribution >= 0.6 is 0 Å². The van der Waals surface area contributed by atoms with Crippen LogP contribution < -0.4 is 10.0 Å². The molecule has 0 aliphatic rings. The van der Waals surface area contributed by atoms with Gasteiger partial charge in [0, 0.05) is 18.7 Å². The smallest absolute Gasteiger partial charge is 0.251 e. The van der Waals surface area contributed by atoms with E-state index in [1.807, 2.05) is 25.9 Å². The SMILES string of the molecule is CCCNS(=O)(=O)c1cccc(C(=O)NCCCN(C)C)c1. The number of benzene rings is 1. The maximum atomic E-state index is 12.1. The van der Waals surface area contributed by atoms with Crippen molar-refractivity contribution in [1.29, 1.82) is 0 Å². The number of hydrogen-bond acceptors (Lipinski definition) is 4. The van der Waals surface area contributed by atoms with E-state index in [0.29, 0.717) is 25.1 Å². The van der Waals surface area contributed by atoms with Crippen molar-refractivity contribution in [2.75, 3.05) is 33.7 Å². The molecule has 0 atom stereocenters. The van der Waals surface area contributed by atoms with Crippen LogP contribution in [0.2, 0.25) is 0 Å². The van der Waals surface area contributed by atoms with Crippen LogP contribution in [0, 0.1) is 0 Å². The molecule has 1 aromatic rings. The Balaban J connectivity index is 2.69. The molecule has 6 nitrogen and oxygen atoms in total. The van der Waals surface area contributed by atoms with Gasteiger partial charge in [0.25, 0.3) is 5.91 Å². The molecule has 0 saturated carbocycles. The molecule has 0 aliphatic carbocycles. The Hall–Kier alpha value is -1.44. The summed E-state index contributed by atoms with van der Waals surface area (Å²) in [6.07, 6.45) is 1.56. The fourth-order valence-corrected chi connectivity index (χ4v) is 3.00. The van der Waals surface area contributed by atoms with Gasteiger partial charge in [-0.15, -0.1) is 0 Å². The third-order valence-electron chi connectivity index (χ3n) is 3.02. The topological polar surface area (TPSA) is 78.5 Å². The van der Waals surface area contributed by atoms with Gasteiger partial charge >= 0.3 is 0 Å². The highest BCUT2D eigenvalue weighted by Gasteiger charge is 2.15. The van der Waals surface area contributed by atoms with Crippen molar-refractivity contribution >= 4 is 15.9 Å². The zero-order chi connectivity index (χ0) is 16.6. The first-order chi connectivity index (χ1) is 10.4. The van der Waals surface area contributed by atoms with Gasteiger partial charge in [0.15, 0.2) is 0 Å². The summed E-state index contributed by atoms with van der Waals surface area (Å²) < 4.78 is 26.6. The van der Waals surface area contributed by atoms with Crippen molar-refractivity contribution in [3.05, 3.63) is 29.8 Å². The summed E-state index contributed by atoms with van der Waals surface area (Å²) in [5.41, 5.74) is 0.351. The molecule has 0 saturated heterocycles. The van der Waals surface area contributed by atoms with E-state index in [2.05, 4.69) is 10.0 Å². The van der Waals surface area contributed by atoms with Crippen molar-refractivity contribution < 1.29 is 13.2 Å². The third-order valence-corrected chi connectivity index (χ3v) is 4.47. The average molecular weight is 327 g/mol. The lowest BCUT2D eigenvalue weighted by molar-refractivity contribution is 0.0952. The van der Waals surface area contributed by atoms with Gasteiger partial charge in [-0.2, -0.15) is 0 Å². The predicted octanol–water partition coefficient (Wildman–Crippen LogP) is 1.06. The van der Waals surface area contributed by atoms with E-state index < -0.39 is 10.0 Å². The lowest BCUT2D eigenvalue weighted by Crippen LogP contribution is -2.28. The molecule has 0 heterocycles. The van der Waals surface area contributed by atoms with Crippen molar-refractivity contribution in [2.24, 2.45) is 0 Å². The summed E-state index contributed by atoms with van der Waals surface area (Å²) in [5.74, 6) is -0.258. The Morgan fingerprint density at radius 2 is 1.95 bits per heavy atom. The van der Waals surface area contributed by atoms with E-state index in [4.69, 9.17) is 0 Å². The number of sulfonamides is 1. The lowest BCUT2D eigenvalue weighted by atomic mass is 10.2.